The number of hydrogen-bond acceptors (Lipinski definition) is 2. The average molecular weight is 232 g/mol. The average Bonchev–Trinajstić information content (AvgIpc) is 2.66. The van der Waals surface area contributed by atoms with Crippen molar-refractivity contribution >= 4 is 0 Å². The molecule has 0 spiro atoms. The summed E-state index contributed by atoms with van der Waals surface area (Å²) in [5.74, 6) is 0.670. The number of benzene rings is 1. The Morgan fingerprint density at radius 3 is 2.59 bits per heavy atom. The van der Waals surface area contributed by atoms with Crippen molar-refractivity contribution in [1.82, 2.24) is 4.90 Å². The molecule has 1 heterocycles. The molecule has 94 valence electrons. The smallest absolute Gasteiger partial charge is 0.0206 e. The van der Waals surface area contributed by atoms with Crippen molar-refractivity contribution in [3.8, 4) is 0 Å². The van der Waals surface area contributed by atoms with Crippen LogP contribution in [-0.4, -0.2) is 30.6 Å². The quantitative estimate of drug-likeness (QED) is 0.789. The Morgan fingerprint density at radius 1 is 1.18 bits per heavy atom. The summed E-state index contributed by atoms with van der Waals surface area (Å²) in [4.78, 5) is 2.51. The molecule has 0 amide bonds. The van der Waals surface area contributed by atoms with Crippen molar-refractivity contribution < 1.29 is 0 Å². The van der Waals surface area contributed by atoms with E-state index in [1.165, 1.54) is 37.9 Å². The van der Waals surface area contributed by atoms with E-state index in [1.807, 2.05) is 0 Å². The lowest BCUT2D eigenvalue weighted by molar-refractivity contribution is 0.318. The van der Waals surface area contributed by atoms with E-state index in [4.69, 9.17) is 5.73 Å². The Labute approximate surface area is 105 Å². The fourth-order valence-corrected chi connectivity index (χ4v) is 2.59. The third-order valence-corrected chi connectivity index (χ3v) is 3.78. The minimum atomic E-state index is 0.393. The summed E-state index contributed by atoms with van der Waals surface area (Å²) in [5.41, 5.74) is 7.48. The van der Waals surface area contributed by atoms with Crippen molar-refractivity contribution in [3.05, 3.63) is 35.9 Å². The number of nitrogens with zero attached hydrogens (tertiary/aromatic N) is 1. The third-order valence-electron chi connectivity index (χ3n) is 3.78. The first-order chi connectivity index (χ1) is 8.25. The summed E-state index contributed by atoms with van der Waals surface area (Å²) in [6.45, 7) is 5.75. The predicted molar refractivity (Wildman–Crippen MR) is 73.0 cm³/mol. The van der Waals surface area contributed by atoms with Gasteiger partial charge >= 0.3 is 0 Å². The van der Waals surface area contributed by atoms with Crippen LogP contribution in [0.15, 0.2) is 30.3 Å². The molecule has 0 aromatic heterocycles. The van der Waals surface area contributed by atoms with Gasteiger partial charge in [0.1, 0.15) is 0 Å². The lowest BCUT2D eigenvalue weighted by Gasteiger charge is -2.14. The summed E-state index contributed by atoms with van der Waals surface area (Å²) in [6.07, 6.45) is 3.77. The van der Waals surface area contributed by atoms with Crippen LogP contribution >= 0.6 is 0 Å². The molecule has 2 heteroatoms. The van der Waals surface area contributed by atoms with Crippen LogP contribution in [0.2, 0.25) is 0 Å². The molecule has 1 aliphatic rings. The first kappa shape index (κ1) is 12.6. The summed E-state index contributed by atoms with van der Waals surface area (Å²) in [5, 5.41) is 0. The first-order valence-electron chi connectivity index (χ1n) is 6.77. The largest absolute Gasteiger partial charge is 0.326 e. The molecule has 1 saturated heterocycles. The summed E-state index contributed by atoms with van der Waals surface area (Å²) in [6, 6.07) is 11.1. The van der Waals surface area contributed by atoms with Gasteiger partial charge in [-0.05, 0) is 37.3 Å². The number of likely N-dealkylation sites (tertiary alicyclic amines) is 1. The minimum Gasteiger partial charge on any atom is -0.326 e. The SMILES string of the molecule is CC1CN(CCCCc2ccccc2)CC1N. The van der Waals surface area contributed by atoms with E-state index in [1.54, 1.807) is 0 Å². The Morgan fingerprint density at radius 2 is 1.94 bits per heavy atom. The molecule has 2 rings (SSSR count). The Bertz CT molecular complexity index is 313. The third kappa shape index (κ3) is 3.83. The van der Waals surface area contributed by atoms with Gasteiger partial charge < -0.3 is 10.6 Å². The van der Waals surface area contributed by atoms with Crippen molar-refractivity contribution in [2.45, 2.75) is 32.2 Å². The molecule has 2 nitrogen and oxygen atoms in total. The van der Waals surface area contributed by atoms with Gasteiger partial charge in [0.25, 0.3) is 0 Å². The molecule has 1 aliphatic heterocycles. The standard InChI is InChI=1S/C15H24N2/c1-13-11-17(12-15(13)16)10-6-5-9-14-7-3-2-4-8-14/h2-4,7-8,13,15H,5-6,9-12,16H2,1H3. The van der Waals surface area contributed by atoms with Crippen molar-refractivity contribution in [2.75, 3.05) is 19.6 Å². The Balaban J connectivity index is 1.61. The highest BCUT2D eigenvalue weighted by atomic mass is 15.2. The molecule has 0 radical (unpaired) electrons. The van der Waals surface area contributed by atoms with Crippen molar-refractivity contribution in [1.29, 1.82) is 0 Å². The van der Waals surface area contributed by atoms with Gasteiger partial charge in [0.2, 0.25) is 0 Å². The van der Waals surface area contributed by atoms with Gasteiger partial charge in [-0.3, -0.25) is 0 Å². The van der Waals surface area contributed by atoms with Crippen LogP contribution in [0.25, 0.3) is 0 Å². The van der Waals surface area contributed by atoms with Gasteiger partial charge in [-0.25, -0.2) is 0 Å². The van der Waals surface area contributed by atoms with E-state index in [0.29, 0.717) is 12.0 Å². The van der Waals surface area contributed by atoms with Gasteiger partial charge in [0, 0.05) is 19.1 Å². The molecule has 0 bridgehead atoms. The van der Waals surface area contributed by atoms with Crippen LogP contribution in [0, 0.1) is 5.92 Å². The number of nitrogens with two attached hydrogens (primary N) is 1. The number of rotatable bonds is 5. The maximum absolute atomic E-state index is 6.02. The fourth-order valence-electron chi connectivity index (χ4n) is 2.59. The summed E-state index contributed by atoms with van der Waals surface area (Å²) < 4.78 is 0. The molecule has 17 heavy (non-hydrogen) atoms. The zero-order chi connectivity index (χ0) is 12.1. The van der Waals surface area contributed by atoms with E-state index >= 15 is 0 Å². The highest BCUT2D eigenvalue weighted by molar-refractivity contribution is 5.14. The van der Waals surface area contributed by atoms with E-state index < -0.39 is 0 Å². The number of aryl methyl sites for hydroxylation is 1. The fraction of sp³-hybridized carbons (Fsp3) is 0.600. The number of hydrogen-bond donors (Lipinski definition) is 1. The molecule has 2 atom stereocenters. The molecule has 2 unspecified atom stereocenters. The molecule has 1 aromatic rings. The van der Waals surface area contributed by atoms with Crippen molar-refractivity contribution in [3.63, 3.8) is 0 Å². The van der Waals surface area contributed by atoms with Gasteiger partial charge in [0.15, 0.2) is 0 Å². The van der Waals surface area contributed by atoms with Crippen LogP contribution in [-0.2, 0) is 6.42 Å². The maximum atomic E-state index is 6.02. The lowest BCUT2D eigenvalue weighted by Crippen LogP contribution is -2.28. The predicted octanol–water partition coefficient (Wildman–Crippen LogP) is 2.29. The molecular formula is C15H24N2. The van der Waals surface area contributed by atoms with E-state index in [2.05, 4.69) is 42.2 Å². The van der Waals surface area contributed by atoms with E-state index in [9.17, 15) is 0 Å². The summed E-state index contributed by atoms with van der Waals surface area (Å²) in [7, 11) is 0. The van der Waals surface area contributed by atoms with Gasteiger partial charge in [-0.1, -0.05) is 37.3 Å². The van der Waals surface area contributed by atoms with E-state index in [0.717, 1.165) is 6.54 Å². The molecular weight excluding hydrogens is 208 g/mol. The van der Waals surface area contributed by atoms with Gasteiger partial charge in [-0.2, -0.15) is 0 Å². The van der Waals surface area contributed by atoms with Crippen LogP contribution in [0.5, 0.6) is 0 Å². The monoisotopic (exact) mass is 232 g/mol. The van der Waals surface area contributed by atoms with Crippen LogP contribution in [0.3, 0.4) is 0 Å². The van der Waals surface area contributed by atoms with Crippen LogP contribution in [0.1, 0.15) is 25.3 Å². The zero-order valence-corrected chi connectivity index (χ0v) is 10.8. The van der Waals surface area contributed by atoms with E-state index in [-0.39, 0.29) is 0 Å². The molecule has 1 fully saturated rings. The van der Waals surface area contributed by atoms with Gasteiger partial charge in [0.05, 0.1) is 0 Å². The second kappa shape index (κ2) is 6.18. The molecule has 2 N–H and O–H groups in total. The second-order valence-electron chi connectivity index (χ2n) is 5.34. The molecule has 0 saturated carbocycles. The van der Waals surface area contributed by atoms with Crippen LogP contribution < -0.4 is 5.73 Å². The highest BCUT2D eigenvalue weighted by Crippen LogP contribution is 2.15. The normalized spacial score (nSPS) is 25.3. The lowest BCUT2D eigenvalue weighted by atomic mass is 10.1. The Kier molecular flexibility index (Phi) is 4.57. The first-order valence-corrected chi connectivity index (χ1v) is 6.77. The minimum absolute atomic E-state index is 0.393. The topological polar surface area (TPSA) is 29.3 Å². The second-order valence-corrected chi connectivity index (χ2v) is 5.34. The molecule has 0 aliphatic carbocycles. The Hall–Kier alpha value is -0.860. The molecule has 1 aromatic carbocycles. The maximum Gasteiger partial charge on any atom is 0.0206 e. The summed E-state index contributed by atoms with van der Waals surface area (Å²) >= 11 is 0. The van der Waals surface area contributed by atoms with Crippen molar-refractivity contribution in [2.24, 2.45) is 11.7 Å². The zero-order valence-electron chi connectivity index (χ0n) is 10.8. The van der Waals surface area contributed by atoms with Gasteiger partial charge in [-0.15, -0.1) is 0 Å². The van der Waals surface area contributed by atoms with Crippen LogP contribution in [0.4, 0.5) is 0 Å². The highest BCUT2D eigenvalue weighted by Gasteiger charge is 2.25. The number of unbranched alkanes of at least 4 members (excludes halogenated alkanes) is 1.